The van der Waals surface area contributed by atoms with Gasteiger partial charge in [0, 0.05) is 13.0 Å². The van der Waals surface area contributed by atoms with Crippen LogP contribution in [0.4, 0.5) is 0 Å². The van der Waals surface area contributed by atoms with E-state index >= 15 is 0 Å². The zero-order valence-electron chi connectivity index (χ0n) is 11.3. The summed E-state index contributed by atoms with van der Waals surface area (Å²) in [6.45, 7) is 2.69. The van der Waals surface area contributed by atoms with Gasteiger partial charge in [-0.3, -0.25) is 4.79 Å². The van der Waals surface area contributed by atoms with Crippen molar-refractivity contribution in [2.75, 3.05) is 6.54 Å². The zero-order valence-corrected chi connectivity index (χ0v) is 11.3. The Balaban J connectivity index is 1.86. The van der Waals surface area contributed by atoms with Crippen LogP contribution in [0.1, 0.15) is 30.5 Å². The molecular formula is C16H15NO3. The van der Waals surface area contributed by atoms with Crippen molar-refractivity contribution in [1.29, 1.82) is 0 Å². The molecule has 4 nitrogen and oxygen atoms in total. The number of Topliss-reactive ketones (excluding diaryl/α,β-unsaturated/α-hetero) is 1. The molecular weight excluding hydrogens is 254 g/mol. The Bertz CT molecular complexity index is 661. The van der Waals surface area contributed by atoms with Crippen LogP contribution >= 0.6 is 0 Å². The van der Waals surface area contributed by atoms with Crippen molar-refractivity contribution in [3.63, 3.8) is 0 Å². The SMILES string of the molecule is C[C@H]1OC(=O)C2=C1N1CCc3ccccc3[C@@H]1CC2=O. The number of rotatable bonds is 0. The molecule has 102 valence electrons. The van der Waals surface area contributed by atoms with Crippen LogP contribution in [-0.2, 0) is 20.7 Å². The number of nitrogens with zero attached hydrogens (tertiary/aromatic N) is 1. The van der Waals surface area contributed by atoms with Crippen LogP contribution in [0, 0.1) is 0 Å². The van der Waals surface area contributed by atoms with Crippen LogP contribution in [0.5, 0.6) is 0 Å². The van der Waals surface area contributed by atoms with Crippen molar-refractivity contribution in [3.8, 4) is 0 Å². The van der Waals surface area contributed by atoms with Gasteiger partial charge in [0.2, 0.25) is 0 Å². The van der Waals surface area contributed by atoms with Crippen molar-refractivity contribution in [1.82, 2.24) is 4.90 Å². The molecule has 0 N–H and O–H groups in total. The van der Waals surface area contributed by atoms with Crippen LogP contribution in [0.2, 0.25) is 0 Å². The quantitative estimate of drug-likeness (QED) is 0.532. The first-order chi connectivity index (χ1) is 9.66. The van der Waals surface area contributed by atoms with E-state index in [0.29, 0.717) is 6.42 Å². The van der Waals surface area contributed by atoms with Crippen molar-refractivity contribution in [2.24, 2.45) is 0 Å². The minimum atomic E-state index is -0.449. The van der Waals surface area contributed by atoms with Gasteiger partial charge in [-0.1, -0.05) is 24.3 Å². The van der Waals surface area contributed by atoms with Crippen LogP contribution in [0.15, 0.2) is 35.5 Å². The summed E-state index contributed by atoms with van der Waals surface area (Å²) < 4.78 is 5.24. The van der Waals surface area contributed by atoms with Crippen molar-refractivity contribution >= 4 is 11.8 Å². The van der Waals surface area contributed by atoms with Crippen LogP contribution < -0.4 is 0 Å². The number of ketones is 1. The van der Waals surface area contributed by atoms with Gasteiger partial charge in [0.25, 0.3) is 0 Å². The fourth-order valence-corrected chi connectivity index (χ4v) is 3.65. The number of fused-ring (bicyclic) bond motifs is 4. The van der Waals surface area contributed by atoms with Crippen LogP contribution in [-0.4, -0.2) is 29.3 Å². The van der Waals surface area contributed by atoms with Gasteiger partial charge < -0.3 is 9.64 Å². The molecule has 0 aromatic heterocycles. The van der Waals surface area contributed by atoms with Crippen molar-refractivity contribution in [2.45, 2.75) is 31.9 Å². The molecule has 20 heavy (non-hydrogen) atoms. The highest BCUT2D eigenvalue weighted by Gasteiger charge is 2.46. The number of carbonyl (C=O) groups excluding carboxylic acids is 2. The molecule has 3 heterocycles. The molecule has 0 fully saturated rings. The lowest BCUT2D eigenvalue weighted by Gasteiger charge is -2.42. The van der Waals surface area contributed by atoms with E-state index in [1.165, 1.54) is 11.1 Å². The average Bonchev–Trinajstić information content (AvgIpc) is 2.75. The molecule has 1 aromatic rings. The molecule has 1 aromatic carbocycles. The van der Waals surface area contributed by atoms with Gasteiger partial charge in [0.1, 0.15) is 11.7 Å². The van der Waals surface area contributed by atoms with Crippen molar-refractivity contribution < 1.29 is 14.3 Å². The molecule has 3 aliphatic heterocycles. The molecule has 0 saturated carbocycles. The number of ether oxygens (including phenoxy) is 1. The Morgan fingerprint density at radius 3 is 2.90 bits per heavy atom. The molecule has 3 aliphatic rings. The maximum Gasteiger partial charge on any atom is 0.344 e. The highest BCUT2D eigenvalue weighted by Crippen LogP contribution is 2.43. The van der Waals surface area contributed by atoms with E-state index in [1.807, 2.05) is 19.1 Å². The van der Waals surface area contributed by atoms with Gasteiger partial charge in [-0.05, 0) is 24.5 Å². The number of hydrogen-bond acceptors (Lipinski definition) is 4. The van der Waals surface area contributed by atoms with E-state index in [2.05, 4.69) is 17.0 Å². The lowest BCUT2D eigenvalue weighted by atomic mass is 9.84. The topological polar surface area (TPSA) is 46.6 Å². The predicted molar refractivity (Wildman–Crippen MR) is 71.8 cm³/mol. The Hall–Kier alpha value is -2.10. The first-order valence-electron chi connectivity index (χ1n) is 6.99. The Morgan fingerprint density at radius 1 is 1.25 bits per heavy atom. The molecule has 2 atom stereocenters. The number of hydrogen-bond donors (Lipinski definition) is 0. The summed E-state index contributed by atoms with van der Waals surface area (Å²) in [5.41, 5.74) is 3.60. The zero-order chi connectivity index (χ0) is 13.9. The summed E-state index contributed by atoms with van der Waals surface area (Å²) in [5.74, 6) is -0.526. The fourth-order valence-electron chi connectivity index (χ4n) is 3.65. The predicted octanol–water partition coefficient (Wildman–Crippen LogP) is 1.76. The van der Waals surface area contributed by atoms with Crippen LogP contribution in [0.25, 0.3) is 0 Å². The molecule has 0 spiro atoms. The summed E-state index contributed by atoms with van der Waals surface area (Å²) in [6, 6.07) is 8.32. The third-order valence-electron chi connectivity index (χ3n) is 4.51. The van der Waals surface area contributed by atoms with Gasteiger partial charge in [-0.15, -0.1) is 0 Å². The number of esters is 1. The number of cyclic esters (lactones) is 1. The summed E-state index contributed by atoms with van der Waals surface area (Å²) in [4.78, 5) is 26.3. The minimum absolute atomic E-state index is 0.0585. The largest absolute Gasteiger partial charge is 0.452 e. The Kier molecular flexibility index (Phi) is 2.31. The number of carbonyl (C=O) groups is 2. The summed E-state index contributed by atoms with van der Waals surface area (Å²) in [6.07, 6.45) is 1.01. The van der Waals surface area contributed by atoms with Gasteiger partial charge in [-0.2, -0.15) is 0 Å². The van der Waals surface area contributed by atoms with Gasteiger partial charge >= 0.3 is 5.97 Å². The smallest absolute Gasteiger partial charge is 0.344 e. The summed E-state index contributed by atoms with van der Waals surface area (Å²) in [7, 11) is 0. The van der Waals surface area contributed by atoms with E-state index in [9.17, 15) is 9.59 Å². The third-order valence-corrected chi connectivity index (χ3v) is 4.51. The monoisotopic (exact) mass is 269 g/mol. The summed E-state index contributed by atoms with van der Waals surface area (Å²) >= 11 is 0. The Morgan fingerprint density at radius 2 is 2.05 bits per heavy atom. The van der Waals surface area contributed by atoms with Crippen molar-refractivity contribution in [3.05, 3.63) is 46.7 Å². The molecule has 0 unspecified atom stereocenters. The lowest BCUT2D eigenvalue weighted by molar-refractivity contribution is -0.140. The third kappa shape index (κ3) is 1.42. The average molecular weight is 269 g/mol. The van der Waals surface area contributed by atoms with Gasteiger partial charge in [0.15, 0.2) is 5.78 Å². The minimum Gasteiger partial charge on any atom is -0.452 e. The first-order valence-corrected chi connectivity index (χ1v) is 6.99. The molecule has 0 saturated heterocycles. The number of benzene rings is 1. The second-order valence-corrected chi connectivity index (χ2v) is 5.59. The van der Waals surface area contributed by atoms with E-state index in [-0.39, 0.29) is 23.5 Å². The lowest BCUT2D eigenvalue weighted by Crippen LogP contribution is -2.42. The molecule has 4 rings (SSSR count). The normalized spacial score (nSPS) is 27.9. The first kappa shape index (κ1) is 11.7. The van der Waals surface area contributed by atoms with E-state index in [0.717, 1.165) is 18.7 Å². The van der Waals surface area contributed by atoms with Crippen LogP contribution in [0.3, 0.4) is 0 Å². The standard InChI is InChI=1S/C16H15NO3/c1-9-15-14(16(19)20-9)13(18)8-12-11-5-3-2-4-10(11)6-7-17(12)15/h2-5,9,12H,6-8H2,1H3/t9-,12+/m1/s1. The molecule has 0 amide bonds. The Labute approximate surface area is 117 Å². The second-order valence-electron chi connectivity index (χ2n) is 5.59. The molecule has 0 bridgehead atoms. The second kappa shape index (κ2) is 3.95. The van der Waals surface area contributed by atoms with Gasteiger partial charge in [0.05, 0.1) is 11.7 Å². The molecule has 4 heteroatoms. The summed E-state index contributed by atoms with van der Waals surface area (Å²) in [5, 5.41) is 0. The molecule has 0 aliphatic carbocycles. The molecule has 0 radical (unpaired) electrons. The van der Waals surface area contributed by atoms with E-state index < -0.39 is 5.97 Å². The van der Waals surface area contributed by atoms with E-state index in [4.69, 9.17) is 4.74 Å². The van der Waals surface area contributed by atoms with E-state index in [1.54, 1.807) is 0 Å². The highest BCUT2D eigenvalue weighted by atomic mass is 16.5. The highest BCUT2D eigenvalue weighted by molar-refractivity contribution is 6.20. The maximum absolute atomic E-state index is 12.3. The maximum atomic E-state index is 12.3. The fraction of sp³-hybridized carbons (Fsp3) is 0.375. The van der Waals surface area contributed by atoms with Gasteiger partial charge in [-0.25, -0.2) is 4.79 Å².